The lowest BCUT2D eigenvalue weighted by Crippen LogP contribution is -2.24. The van der Waals surface area contributed by atoms with Crippen LogP contribution < -0.4 is 16.9 Å². The Balaban J connectivity index is 2.05. The zero-order valence-corrected chi connectivity index (χ0v) is 9.20. The Morgan fingerprint density at radius 3 is 2.61 bits per heavy atom. The number of amides is 1. The molecule has 0 bridgehead atoms. The summed E-state index contributed by atoms with van der Waals surface area (Å²) in [5.74, 6) is -0.574. The monoisotopic (exact) mass is 246 g/mol. The molecule has 0 fully saturated rings. The van der Waals surface area contributed by atoms with Crippen LogP contribution in [0.2, 0.25) is 0 Å². The molecule has 1 heterocycles. The SMILES string of the molecule is N/C(=N\NC(=O)c1ccccc1)c1nnc(N)o1. The number of amidine groups is 1. The Labute approximate surface area is 102 Å². The number of carbonyl (C=O) groups is 1. The smallest absolute Gasteiger partial charge is 0.313 e. The molecule has 92 valence electrons. The Hall–Kier alpha value is -2.90. The summed E-state index contributed by atoms with van der Waals surface area (Å²) in [6.07, 6.45) is 0. The van der Waals surface area contributed by atoms with E-state index in [2.05, 4.69) is 20.7 Å². The van der Waals surface area contributed by atoms with Crippen LogP contribution in [-0.2, 0) is 0 Å². The number of rotatable bonds is 3. The zero-order chi connectivity index (χ0) is 13.0. The minimum absolute atomic E-state index is 0.0548. The van der Waals surface area contributed by atoms with Gasteiger partial charge in [-0.15, -0.1) is 10.2 Å². The molecule has 5 N–H and O–H groups in total. The first-order valence-corrected chi connectivity index (χ1v) is 4.94. The van der Waals surface area contributed by atoms with Crippen molar-refractivity contribution in [1.82, 2.24) is 15.6 Å². The van der Waals surface area contributed by atoms with Crippen molar-refractivity contribution in [2.45, 2.75) is 0 Å². The summed E-state index contributed by atoms with van der Waals surface area (Å²) in [4.78, 5) is 11.6. The van der Waals surface area contributed by atoms with E-state index in [4.69, 9.17) is 15.9 Å². The Kier molecular flexibility index (Phi) is 3.19. The number of aromatic nitrogens is 2. The van der Waals surface area contributed by atoms with Crippen molar-refractivity contribution < 1.29 is 9.21 Å². The summed E-state index contributed by atoms with van der Waals surface area (Å²) in [6.45, 7) is 0. The highest BCUT2D eigenvalue weighted by molar-refractivity contribution is 5.97. The summed E-state index contributed by atoms with van der Waals surface area (Å²) in [7, 11) is 0. The lowest BCUT2D eigenvalue weighted by molar-refractivity contribution is 0.0955. The topological polar surface area (TPSA) is 132 Å². The van der Waals surface area contributed by atoms with Crippen LogP contribution in [0.5, 0.6) is 0 Å². The van der Waals surface area contributed by atoms with Crippen LogP contribution in [0.15, 0.2) is 39.9 Å². The van der Waals surface area contributed by atoms with E-state index < -0.39 is 5.91 Å². The van der Waals surface area contributed by atoms with Gasteiger partial charge in [-0.2, -0.15) is 0 Å². The Morgan fingerprint density at radius 1 is 1.28 bits per heavy atom. The summed E-state index contributed by atoms with van der Waals surface area (Å²) < 4.78 is 4.83. The second kappa shape index (κ2) is 4.95. The number of nitrogens with one attached hydrogen (secondary N) is 1. The molecular formula is C10H10N6O2. The van der Waals surface area contributed by atoms with E-state index in [9.17, 15) is 4.79 Å². The van der Waals surface area contributed by atoms with E-state index in [0.717, 1.165) is 0 Å². The van der Waals surface area contributed by atoms with Gasteiger partial charge in [0.25, 0.3) is 11.8 Å². The quantitative estimate of drug-likeness (QED) is 0.387. The van der Waals surface area contributed by atoms with E-state index >= 15 is 0 Å². The molecular weight excluding hydrogens is 236 g/mol. The highest BCUT2D eigenvalue weighted by Crippen LogP contribution is 2.00. The van der Waals surface area contributed by atoms with Crippen LogP contribution in [0.1, 0.15) is 16.2 Å². The molecule has 1 aromatic carbocycles. The van der Waals surface area contributed by atoms with Crippen molar-refractivity contribution in [3.8, 4) is 0 Å². The number of hydrogen-bond donors (Lipinski definition) is 3. The molecule has 0 atom stereocenters. The maximum Gasteiger partial charge on any atom is 0.313 e. The van der Waals surface area contributed by atoms with E-state index in [1.165, 1.54) is 0 Å². The molecule has 0 radical (unpaired) electrons. The van der Waals surface area contributed by atoms with Crippen molar-refractivity contribution >= 4 is 17.8 Å². The number of nitrogen functional groups attached to an aromatic ring is 1. The van der Waals surface area contributed by atoms with E-state index in [0.29, 0.717) is 5.56 Å². The third kappa shape index (κ3) is 2.61. The highest BCUT2D eigenvalue weighted by Gasteiger charge is 2.09. The van der Waals surface area contributed by atoms with E-state index in [1.54, 1.807) is 30.3 Å². The molecule has 2 aromatic rings. The van der Waals surface area contributed by atoms with Crippen LogP contribution in [0.4, 0.5) is 6.01 Å². The summed E-state index contributed by atoms with van der Waals surface area (Å²) in [6, 6.07) is 8.44. The molecule has 1 aromatic heterocycles. The van der Waals surface area contributed by atoms with Gasteiger partial charge < -0.3 is 15.9 Å². The number of benzene rings is 1. The first-order valence-electron chi connectivity index (χ1n) is 4.94. The first kappa shape index (κ1) is 11.6. The summed E-state index contributed by atoms with van der Waals surface area (Å²) in [5, 5.41) is 10.6. The molecule has 8 heteroatoms. The number of hydrogen-bond acceptors (Lipinski definition) is 6. The second-order valence-electron chi connectivity index (χ2n) is 3.25. The molecule has 0 aliphatic carbocycles. The number of hydrazone groups is 1. The molecule has 8 nitrogen and oxygen atoms in total. The lowest BCUT2D eigenvalue weighted by atomic mass is 10.2. The van der Waals surface area contributed by atoms with Crippen LogP contribution >= 0.6 is 0 Å². The molecule has 1 amide bonds. The van der Waals surface area contributed by atoms with Crippen LogP contribution in [0.25, 0.3) is 0 Å². The highest BCUT2D eigenvalue weighted by atomic mass is 16.4. The van der Waals surface area contributed by atoms with Gasteiger partial charge in [-0.3, -0.25) is 4.79 Å². The van der Waals surface area contributed by atoms with Gasteiger partial charge in [0.1, 0.15) is 0 Å². The fourth-order valence-electron chi connectivity index (χ4n) is 1.15. The fraction of sp³-hybridized carbons (Fsp3) is 0. The van der Waals surface area contributed by atoms with Crippen molar-refractivity contribution in [2.75, 3.05) is 5.73 Å². The Morgan fingerprint density at radius 2 is 2.00 bits per heavy atom. The van der Waals surface area contributed by atoms with Crippen molar-refractivity contribution in [1.29, 1.82) is 0 Å². The van der Waals surface area contributed by atoms with Crippen LogP contribution in [0, 0.1) is 0 Å². The fourth-order valence-corrected chi connectivity index (χ4v) is 1.15. The maximum absolute atomic E-state index is 11.6. The maximum atomic E-state index is 11.6. The van der Waals surface area contributed by atoms with Gasteiger partial charge in [0, 0.05) is 5.56 Å². The van der Waals surface area contributed by atoms with Gasteiger partial charge in [-0.25, -0.2) is 5.43 Å². The van der Waals surface area contributed by atoms with Crippen molar-refractivity contribution in [3.05, 3.63) is 41.8 Å². The summed E-state index contributed by atoms with van der Waals surface area (Å²) in [5.41, 5.74) is 13.5. The largest absolute Gasteiger partial charge is 0.400 e. The van der Waals surface area contributed by atoms with Crippen LogP contribution in [-0.4, -0.2) is 21.9 Å². The molecule has 2 rings (SSSR count). The van der Waals surface area contributed by atoms with E-state index in [-0.39, 0.29) is 17.7 Å². The third-order valence-electron chi connectivity index (χ3n) is 1.97. The number of nitrogens with two attached hydrogens (primary N) is 2. The molecule has 0 saturated carbocycles. The van der Waals surface area contributed by atoms with Gasteiger partial charge in [0.15, 0.2) is 0 Å². The second-order valence-corrected chi connectivity index (χ2v) is 3.25. The van der Waals surface area contributed by atoms with Gasteiger partial charge in [0.05, 0.1) is 0 Å². The van der Waals surface area contributed by atoms with Gasteiger partial charge in [0.2, 0.25) is 5.84 Å². The number of nitrogens with zero attached hydrogens (tertiary/aromatic N) is 3. The zero-order valence-electron chi connectivity index (χ0n) is 9.20. The third-order valence-corrected chi connectivity index (χ3v) is 1.97. The first-order chi connectivity index (χ1) is 8.66. The molecule has 0 spiro atoms. The normalized spacial score (nSPS) is 11.2. The van der Waals surface area contributed by atoms with Gasteiger partial charge >= 0.3 is 6.01 Å². The average molecular weight is 246 g/mol. The molecule has 0 unspecified atom stereocenters. The molecule has 0 aliphatic rings. The van der Waals surface area contributed by atoms with Crippen molar-refractivity contribution in [2.24, 2.45) is 10.8 Å². The van der Waals surface area contributed by atoms with Crippen LogP contribution in [0.3, 0.4) is 0 Å². The minimum Gasteiger partial charge on any atom is -0.400 e. The Bertz CT molecular complexity index is 577. The van der Waals surface area contributed by atoms with Crippen molar-refractivity contribution in [3.63, 3.8) is 0 Å². The summed E-state index contributed by atoms with van der Waals surface area (Å²) >= 11 is 0. The lowest BCUT2D eigenvalue weighted by Gasteiger charge is -1.99. The predicted molar refractivity (Wildman–Crippen MR) is 63.3 cm³/mol. The molecule has 18 heavy (non-hydrogen) atoms. The number of anilines is 1. The van der Waals surface area contributed by atoms with Gasteiger partial charge in [-0.05, 0) is 12.1 Å². The molecule has 0 saturated heterocycles. The average Bonchev–Trinajstić information content (AvgIpc) is 2.83. The number of carbonyl (C=O) groups excluding carboxylic acids is 1. The standard InChI is InChI=1S/C10H10N6O2/c11-7(9-15-16-10(12)18-9)13-14-8(17)6-4-2-1-3-5-6/h1-5H,(H2,11,13)(H2,12,16)(H,14,17). The van der Waals surface area contributed by atoms with E-state index in [1.807, 2.05) is 0 Å². The van der Waals surface area contributed by atoms with Gasteiger partial charge in [-0.1, -0.05) is 23.3 Å². The molecule has 0 aliphatic heterocycles. The minimum atomic E-state index is -0.397. The predicted octanol–water partition coefficient (Wildman–Crippen LogP) is -0.298.